The van der Waals surface area contributed by atoms with E-state index in [0.717, 1.165) is 49.0 Å². The highest BCUT2D eigenvalue weighted by Gasteiger charge is 2.20. The van der Waals surface area contributed by atoms with Crippen molar-refractivity contribution in [3.05, 3.63) is 16.4 Å². The molecule has 1 saturated heterocycles. The van der Waals surface area contributed by atoms with Crippen LogP contribution in [0.1, 0.15) is 25.2 Å². The Labute approximate surface area is 108 Å². The van der Waals surface area contributed by atoms with Crippen LogP contribution in [-0.2, 0) is 20.0 Å². The van der Waals surface area contributed by atoms with E-state index in [1.165, 1.54) is 0 Å². The molecule has 0 aromatic carbocycles. The molecule has 4 nitrogen and oxygen atoms in total. The highest BCUT2D eigenvalue weighted by Crippen LogP contribution is 2.22. The minimum atomic E-state index is 0.557. The van der Waals surface area contributed by atoms with Crippen molar-refractivity contribution in [3.8, 4) is 0 Å². The van der Waals surface area contributed by atoms with E-state index in [1.807, 2.05) is 11.7 Å². The van der Waals surface area contributed by atoms with Crippen molar-refractivity contribution in [2.75, 3.05) is 19.6 Å². The van der Waals surface area contributed by atoms with Crippen molar-refractivity contribution < 1.29 is 0 Å². The van der Waals surface area contributed by atoms with Gasteiger partial charge in [0.2, 0.25) is 0 Å². The lowest BCUT2D eigenvalue weighted by Crippen LogP contribution is -2.48. The molecule has 1 atom stereocenters. The first-order valence-electron chi connectivity index (χ1n) is 6.27. The van der Waals surface area contributed by atoms with Gasteiger partial charge in [-0.3, -0.25) is 9.58 Å². The normalized spacial score (nSPS) is 22.0. The van der Waals surface area contributed by atoms with Crippen LogP contribution in [0.5, 0.6) is 0 Å². The molecule has 1 N–H and O–H groups in total. The average molecular weight is 257 g/mol. The van der Waals surface area contributed by atoms with Crippen molar-refractivity contribution in [3.63, 3.8) is 0 Å². The van der Waals surface area contributed by atoms with E-state index in [-0.39, 0.29) is 0 Å². The lowest BCUT2D eigenvalue weighted by atomic mass is 10.2. The molecule has 0 amide bonds. The molecule has 0 spiro atoms. The maximum Gasteiger partial charge on any atom is 0.0863 e. The van der Waals surface area contributed by atoms with E-state index in [0.29, 0.717) is 6.04 Å². The van der Waals surface area contributed by atoms with Gasteiger partial charge in [-0.2, -0.15) is 5.10 Å². The molecule has 0 bridgehead atoms. The van der Waals surface area contributed by atoms with Gasteiger partial charge in [-0.15, -0.1) is 0 Å². The van der Waals surface area contributed by atoms with Crippen LogP contribution in [0.15, 0.2) is 0 Å². The lowest BCUT2D eigenvalue weighted by Gasteiger charge is -2.31. The summed E-state index contributed by atoms with van der Waals surface area (Å²) in [7, 11) is 1.98. The van der Waals surface area contributed by atoms with Crippen LogP contribution >= 0.6 is 11.6 Å². The van der Waals surface area contributed by atoms with Crippen LogP contribution in [0.25, 0.3) is 0 Å². The predicted molar refractivity (Wildman–Crippen MR) is 70.3 cm³/mol. The number of halogens is 1. The largest absolute Gasteiger partial charge is 0.312 e. The van der Waals surface area contributed by atoms with Crippen molar-refractivity contribution >= 4 is 11.6 Å². The van der Waals surface area contributed by atoms with Crippen LogP contribution < -0.4 is 5.32 Å². The molecule has 0 aliphatic carbocycles. The van der Waals surface area contributed by atoms with E-state index < -0.39 is 0 Å². The van der Waals surface area contributed by atoms with E-state index in [2.05, 4.69) is 29.2 Å². The standard InChI is InChI=1S/C12H21ClN4/c1-4-10-12(13)11(16(3)15-10)8-17-6-5-14-9(2)7-17/h9,14H,4-8H2,1-3H3/t9-/m0/s1. The molecule has 5 heteroatoms. The summed E-state index contributed by atoms with van der Waals surface area (Å²) in [4.78, 5) is 2.43. The quantitative estimate of drug-likeness (QED) is 0.888. The summed E-state index contributed by atoms with van der Waals surface area (Å²) in [5.74, 6) is 0. The fourth-order valence-corrected chi connectivity index (χ4v) is 2.71. The maximum absolute atomic E-state index is 6.36. The van der Waals surface area contributed by atoms with Crippen LogP contribution in [0.4, 0.5) is 0 Å². The molecule has 96 valence electrons. The Hall–Kier alpha value is -0.580. The van der Waals surface area contributed by atoms with E-state index >= 15 is 0 Å². The summed E-state index contributed by atoms with van der Waals surface area (Å²) < 4.78 is 1.92. The number of hydrogen-bond acceptors (Lipinski definition) is 3. The van der Waals surface area contributed by atoms with Gasteiger partial charge in [0.15, 0.2) is 0 Å². The van der Waals surface area contributed by atoms with Gasteiger partial charge < -0.3 is 5.32 Å². The number of nitrogens with zero attached hydrogens (tertiary/aromatic N) is 3. The molecule has 1 aliphatic rings. The molecule has 0 saturated carbocycles. The molecular formula is C12H21ClN4. The Balaban J connectivity index is 2.10. The molecule has 1 fully saturated rings. The minimum Gasteiger partial charge on any atom is -0.312 e. The lowest BCUT2D eigenvalue weighted by molar-refractivity contribution is 0.195. The number of piperazine rings is 1. The highest BCUT2D eigenvalue weighted by atomic mass is 35.5. The molecule has 1 aromatic rings. The second-order valence-corrected chi connectivity index (χ2v) is 5.15. The smallest absolute Gasteiger partial charge is 0.0863 e. The monoisotopic (exact) mass is 256 g/mol. The minimum absolute atomic E-state index is 0.557. The Morgan fingerprint density at radius 3 is 2.88 bits per heavy atom. The van der Waals surface area contributed by atoms with Crippen LogP contribution in [-0.4, -0.2) is 40.4 Å². The molecular weight excluding hydrogens is 236 g/mol. The Morgan fingerprint density at radius 1 is 1.53 bits per heavy atom. The zero-order valence-electron chi connectivity index (χ0n) is 10.8. The van der Waals surface area contributed by atoms with Crippen molar-refractivity contribution in [2.45, 2.75) is 32.9 Å². The molecule has 2 rings (SSSR count). The van der Waals surface area contributed by atoms with E-state index in [9.17, 15) is 0 Å². The number of aromatic nitrogens is 2. The molecule has 17 heavy (non-hydrogen) atoms. The van der Waals surface area contributed by atoms with Crippen LogP contribution in [0.2, 0.25) is 5.02 Å². The first-order valence-corrected chi connectivity index (χ1v) is 6.65. The average Bonchev–Trinajstić information content (AvgIpc) is 2.56. The van der Waals surface area contributed by atoms with Gasteiger partial charge in [-0.05, 0) is 13.3 Å². The van der Waals surface area contributed by atoms with E-state index in [1.54, 1.807) is 0 Å². The van der Waals surface area contributed by atoms with Gasteiger partial charge >= 0.3 is 0 Å². The number of nitrogens with one attached hydrogen (secondary N) is 1. The third kappa shape index (κ3) is 2.81. The second kappa shape index (κ2) is 5.38. The highest BCUT2D eigenvalue weighted by molar-refractivity contribution is 6.31. The number of rotatable bonds is 3. The summed E-state index contributed by atoms with van der Waals surface area (Å²) in [5.41, 5.74) is 2.14. The van der Waals surface area contributed by atoms with Crippen LogP contribution in [0.3, 0.4) is 0 Å². The fraction of sp³-hybridized carbons (Fsp3) is 0.750. The molecule has 0 radical (unpaired) electrons. The predicted octanol–water partition coefficient (Wildman–Crippen LogP) is 1.43. The molecule has 1 aromatic heterocycles. The molecule has 2 heterocycles. The Bertz CT molecular complexity index is 388. The fourth-order valence-electron chi connectivity index (χ4n) is 2.36. The third-order valence-electron chi connectivity index (χ3n) is 3.33. The Morgan fingerprint density at radius 2 is 2.29 bits per heavy atom. The summed E-state index contributed by atoms with van der Waals surface area (Å²) in [5, 5.41) is 8.75. The summed E-state index contributed by atoms with van der Waals surface area (Å²) >= 11 is 6.36. The first kappa shape index (κ1) is 12.9. The SMILES string of the molecule is CCc1nn(C)c(CN2CCN[C@@H](C)C2)c1Cl. The van der Waals surface area contributed by atoms with Crippen molar-refractivity contribution in [1.82, 2.24) is 20.0 Å². The first-order chi connectivity index (χ1) is 8.11. The second-order valence-electron chi connectivity index (χ2n) is 4.77. The summed E-state index contributed by atoms with van der Waals surface area (Å²) in [6.45, 7) is 8.40. The van der Waals surface area contributed by atoms with Gasteiger partial charge in [0, 0.05) is 39.3 Å². The Kier molecular flexibility index (Phi) is 4.07. The zero-order valence-corrected chi connectivity index (χ0v) is 11.6. The van der Waals surface area contributed by atoms with Gasteiger partial charge in [-0.1, -0.05) is 18.5 Å². The zero-order chi connectivity index (χ0) is 12.4. The maximum atomic E-state index is 6.36. The van der Waals surface area contributed by atoms with Gasteiger partial charge in [0.05, 0.1) is 16.4 Å². The molecule has 1 aliphatic heterocycles. The summed E-state index contributed by atoms with van der Waals surface area (Å²) in [6.07, 6.45) is 0.893. The van der Waals surface area contributed by atoms with Crippen molar-refractivity contribution in [1.29, 1.82) is 0 Å². The molecule has 0 unspecified atom stereocenters. The topological polar surface area (TPSA) is 33.1 Å². The van der Waals surface area contributed by atoms with Crippen LogP contribution in [0, 0.1) is 0 Å². The summed E-state index contributed by atoms with van der Waals surface area (Å²) in [6, 6.07) is 0.557. The third-order valence-corrected chi connectivity index (χ3v) is 3.77. The van der Waals surface area contributed by atoms with Gasteiger partial charge in [0.1, 0.15) is 0 Å². The van der Waals surface area contributed by atoms with Gasteiger partial charge in [0.25, 0.3) is 0 Å². The van der Waals surface area contributed by atoms with Gasteiger partial charge in [-0.25, -0.2) is 0 Å². The van der Waals surface area contributed by atoms with E-state index in [4.69, 9.17) is 11.6 Å². The van der Waals surface area contributed by atoms with Crippen molar-refractivity contribution in [2.24, 2.45) is 7.05 Å². The number of aryl methyl sites for hydroxylation is 2. The number of hydrogen-bond donors (Lipinski definition) is 1.